The molecule has 0 spiro atoms. The molecule has 6 heteroatoms. The Morgan fingerprint density at radius 2 is 2.19 bits per heavy atom. The molecule has 1 N–H and O–H groups in total. The minimum atomic E-state index is 0.493. The summed E-state index contributed by atoms with van der Waals surface area (Å²) in [6.07, 6.45) is 1.85. The van der Waals surface area contributed by atoms with Crippen LogP contribution in [0.15, 0.2) is 22.8 Å². The van der Waals surface area contributed by atoms with Crippen LogP contribution in [0.1, 0.15) is 22.4 Å². The largest absolute Gasteiger partial charge is 0.493 e. The zero-order valence-electron chi connectivity index (χ0n) is 12.4. The normalized spacial score (nSPS) is 10.7. The van der Waals surface area contributed by atoms with Crippen LogP contribution < -0.4 is 14.8 Å². The predicted octanol–water partition coefficient (Wildman–Crippen LogP) is 3.91. The first-order chi connectivity index (χ1) is 10.1. The number of nitrogens with zero attached hydrogens (tertiary/aromatic N) is 1. The molecule has 21 heavy (non-hydrogen) atoms. The summed E-state index contributed by atoms with van der Waals surface area (Å²) in [5.74, 6) is 1.46. The molecular formula is C15H19BrN2O2S. The van der Waals surface area contributed by atoms with E-state index in [1.807, 2.05) is 19.2 Å². The van der Waals surface area contributed by atoms with Gasteiger partial charge in [-0.3, -0.25) is 0 Å². The van der Waals surface area contributed by atoms with Crippen molar-refractivity contribution in [2.24, 2.45) is 0 Å². The second-order valence-electron chi connectivity index (χ2n) is 4.52. The van der Waals surface area contributed by atoms with Gasteiger partial charge >= 0.3 is 0 Å². The van der Waals surface area contributed by atoms with Gasteiger partial charge in [0.15, 0.2) is 11.5 Å². The monoisotopic (exact) mass is 370 g/mol. The standard InChI is InChI=1S/C15H19BrN2O2S/c1-4-17-7-11-5-13(16)15(14(6-11)19-3)20-9-12-8-18-10(2)21-12/h5-6,8,17H,4,7,9H2,1-3H3. The van der Waals surface area contributed by atoms with Crippen molar-refractivity contribution in [2.45, 2.75) is 27.0 Å². The van der Waals surface area contributed by atoms with Crippen LogP contribution in [0.3, 0.4) is 0 Å². The van der Waals surface area contributed by atoms with Crippen molar-refractivity contribution in [1.82, 2.24) is 10.3 Å². The number of hydrogen-bond donors (Lipinski definition) is 1. The maximum Gasteiger partial charge on any atom is 0.175 e. The van der Waals surface area contributed by atoms with Gasteiger partial charge in [-0.05, 0) is 47.1 Å². The number of rotatable bonds is 7. The third-order valence-corrected chi connectivity index (χ3v) is 4.37. The highest BCUT2D eigenvalue weighted by Crippen LogP contribution is 2.37. The highest BCUT2D eigenvalue weighted by molar-refractivity contribution is 9.10. The van der Waals surface area contributed by atoms with Gasteiger partial charge in [0.1, 0.15) is 6.61 Å². The fourth-order valence-electron chi connectivity index (χ4n) is 1.90. The lowest BCUT2D eigenvalue weighted by molar-refractivity contribution is 0.285. The van der Waals surface area contributed by atoms with Gasteiger partial charge in [-0.2, -0.15) is 0 Å². The van der Waals surface area contributed by atoms with Gasteiger partial charge in [-0.1, -0.05) is 6.92 Å². The summed E-state index contributed by atoms with van der Waals surface area (Å²) >= 11 is 5.20. The van der Waals surface area contributed by atoms with Crippen molar-refractivity contribution in [1.29, 1.82) is 0 Å². The van der Waals surface area contributed by atoms with E-state index in [-0.39, 0.29) is 0 Å². The van der Waals surface area contributed by atoms with Crippen LogP contribution in [-0.4, -0.2) is 18.6 Å². The maximum atomic E-state index is 5.90. The van der Waals surface area contributed by atoms with Gasteiger partial charge in [-0.15, -0.1) is 11.3 Å². The summed E-state index contributed by atoms with van der Waals surface area (Å²) in [5, 5.41) is 4.34. The van der Waals surface area contributed by atoms with Gasteiger partial charge in [0, 0.05) is 12.7 Å². The number of thiazole rings is 1. The zero-order chi connectivity index (χ0) is 15.2. The van der Waals surface area contributed by atoms with Crippen molar-refractivity contribution in [3.8, 4) is 11.5 Å². The Hall–Kier alpha value is -1.11. The number of methoxy groups -OCH3 is 1. The second-order valence-corrected chi connectivity index (χ2v) is 6.70. The number of hydrogen-bond acceptors (Lipinski definition) is 5. The van der Waals surface area contributed by atoms with Crippen molar-refractivity contribution in [3.63, 3.8) is 0 Å². The first kappa shape index (κ1) is 16.3. The molecule has 0 aliphatic carbocycles. The number of ether oxygens (including phenoxy) is 2. The smallest absolute Gasteiger partial charge is 0.175 e. The van der Waals surface area contributed by atoms with Crippen molar-refractivity contribution in [2.75, 3.05) is 13.7 Å². The lowest BCUT2D eigenvalue weighted by atomic mass is 10.2. The van der Waals surface area contributed by atoms with E-state index in [1.165, 1.54) is 0 Å². The molecule has 0 aliphatic rings. The molecular weight excluding hydrogens is 352 g/mol. The highest BCUT2D eigenvalue weighted by atomic mass is 79.9. The highest BCUT2D eigenvalue weighted by Gasteiger charge is 2.12. The molecule has 0 unspecified atom stereocenters. The fourth-order valence-corrected chi connectivity index (χ4v) is 3.21. The average molecular weight is 371 g/mol. The molecule has 0 radical (unpaired) electrons. The SMILES string of the molecule is CCNCc1cc(Br)c(OCc2cnc(C)s2)c(OC)c1. The Labute approximate surface area is 137 Å². The molecule has 1 aromatic carbocycles. The quantitative estimate of drug-likeness (QED) is 0.802. The number of nitrogens with one attached hydrogen (secondary N) is 1. The van der Waals surface area contributed by atoms with Gasteiger partial charge in [-0.25, -0.2) is 4.98 Å². The van der Waals surface area contributed by atoms with E-state index in [9.17, 15) is 0 Å². The lowest BCUT2D eigenvalue weighted by Gasteiger charge is -2.14. The van der Waals surface area contributed by atoms with E-state index < -0.39 is 0 Å². The summed E-state index contributed by atoms with van der Waals surface area (Å²) in [6, 6.07) is 4.05. The third-order valence-electron chi connectivity index (χ3n) is 2.90. The van der Waals surface area contributed by atoms with Crippen molar-refractivity contribution < 1.29 is 9.47 Å². The Bertz CT molecular complexity index is 601. The van der Waals surface area contributed by atoms with Gasteiger partial charge in [0.25, 0.3) is 0 Å². The molecule has 1 heterocycles. The zero-order valence-corrected chi connectivity index (χ0v) is 14.8. The molecule has 1 aromatic heterocycles. The van der Waals surface area contributed by atoms with Crippen LogP contribution in [0.25, 0.3) is 0 Å². The molecule has 4 nitrogen and oxygen atoms in total. The summed E-state index contributed by atoms with van der Waals surface area (Å²) < 4.78 is 12.2. The Morgan fingerprint density at radius 3 is 2.81 bits per heavy atom. The molecule has 114 valence electrons. The molecule has 0 saturated carbocycles. The first-order valence-electron chi connectivity index (χ1n) is 6.75. The van der Waals surface area contributed by atoms with E-state index in [0.717, 1.165) is 44.5 Å². The fraction of sp³-hybridized carbons (Fsp3) is 0.400. The summed E-state index contributed by atoms with van der Waals surface area (Å²) in [7, 11) is 1.66. The molecule has 0 atom stereocenters. The lowest BCUT2D eigenvalue weighted by Crippen LogP contribution is -2.12. The number of benzene rings is 1. The van der Waals surface area contributed by atoms with Gasteiger partial charge in [0.2, 0.25) is 0 Å². The van der Waals surface area contributed by atoms with E-state index in [0.29, 0.717) is 6.61 Å². The minimum absolute atomic E-state index is 0.493. The number of aryl methyl sites for hydroxylation is 1. The summed E-state index contributed by atoms with van der Waals surface area (Å²) in [4.78, 5) is 5.32. The topological polar surface area (TPSA) is 43.4 Å². The molecule has 0 amide bonds. The molecule has 0 saturated heterocycles. The predicted molar refractivity (Wildman–Crippen MR) is 89.3 cm³/mol. The first-order valence-corrected chi connectivity index (χ1v) is 8.36. The molecule has 0 bridgehead atoms. The van der Waals surface area contributed by atoms with E-state index >= 15 is 0 Å². The Kier molecular flexibility index (Phi) is 6.02. The van der Waals surface area contributed by atoms with Crippen LogP contribution in [-0.2, 0) is 13.2 Å². The van der Waals surface area contributed by atoms with Crippen LogP contribution in [0.5, 0.6) is 11.5 Å². The van der Waals surface area contributed by atoms with E-state index in [4.69, 9.17) is 9.47 Å². The molecule has 0 aliphatic heterocycles. The van der Waals surface area contributed by atoms with Gasteiger partial charge < -0.3 is 14.8 Å². The van der Waals surface area contributed by atoms with Gasteiger partial charge in [0.05, 0.1) is 21.5 Å². The third kappa shape index (κ3) is 4.43. The summed E-state index contributed by atoms with van der Waals surface area (Å²) in [5.41, 5.74) is 1.15. The Balaban J connectivity index is 2.14. The van der Waals surface area contributed by atoms with Crippen LogP contribution in [0, 0.1) is 6.92 Å². The van der Waals surface area contributed by atoms with Crippen LogP contribution >= 0.6 is 27.3 Å². The molecule has 2 rings (SSSR count). The van der Waals surface area contributed by atoms with Crippen LogP contribution in [0.2, 0.25) is 0 Å². The van der Waals surface area contributed by atoms with E-state index in [1.54, 1.807) is 18.4 Å². The van der Waals surface area contributed by atoms with Crippen molar-refractivity contribution in [3.05, 3.63) is 38.3 Å². The van der Waals surface area contributed by atoms with Crippen molar-refractivity contribution >= 4 is 27.3 Å². The molecule has 0 fully saturated rings. The number of halogens is 1. The van der Waals surface area contributed by atoms with Crippen LogP contribution in [0.4, 0.5) is 0 Å². The average Bonchev–Trinajstić information content (AvgIpc) is 2.89. The maximum absolute atomic E-state index is 5.90. The minimum Gasteiger partial charge on any atom is -0.493 e. The van der Waals surface area contributed by atoms with E-state index in [2.05, 4.69) is 39.2 Å². The Morgan fingerprint density at radius 1 is 1.38 bits per heavy atom. The summed E-state index contributed by atoms with van der Waals surface area (Å²) in [6.45, 7) is 6.30. The second kappa shape index (κ2) is 7.77. The number of aromatic nitrogens is 1. The molecule has 2 aromatic rings.